The van der Waals surface area contributed by atoms with Crippen molar-refractivity contribution in [3.8, 4) is 0 Å². The molecule has 2 aliphatic rings. The van der Waals surface area contributed by atoms with Gasteiger partial charge in [0, 0.05) is 19.0 Å². The second kappa shape index (κ2) is 5.53. The maximum Gasteiger partial charge on any atom is 0.232 e. The van der Waals surface area contributed by atoms with E-state index in [0.29, 0.717) is 18.4 Å². The summed E-state index contributed by atoms with van der Waals surface area (Å²) in [6.45, 7) is 0.754. The lowest BCUT2D eigenvalue weighted by Crippen LogP contribution is -2.34. The van der Waals surface area contributed by atoms with Crippen LogP contribution in [0.15, 0.2) is 4.52 Å². The Morgan fingerprint density at radius 2 is 2.21 bits per heavy atom. The van der Waals surface area contributed by atoms with E-state index in [1.165, 1.54) is 12.8 Å². The molecule has 3 rings (SSSR count). The van der Waals surface area contributed by atoms with E-state index in [0.717, 1.165) is 31.0 Å². The molecule has 1 amide bonds. The summed E-state index contributed by atoms with van der Waals surface area (Å²) in [7, 11) is 0. The molecule has 1 saturated carbocycles. The van der Waals surface area contributed by atoms with Crippen LogP contribution in [0.1, 0.15) is 49.7 Å². The summed E-state index contributed by atoms with van der Waals surface area (Å²) in [5.41, 5.74) is 0. The normalized spacial score (nSPS) is 24.6. The molecular weight excluding hydrogens is 262 g/mol. The van der Waals surface area contributed by atoms with Crippen LogP contribution in [0.3, 0.4) is 0 Å². The van der Waals surface area contributed by atoms with Crippen molar-refractivity contribution < 1.29 is 9.32 Å². The van der Waals surface area contributed by atoms with E-state index in [1.54, 1.807) is 11.8 Å². The third-order valence-electron chi connectivity index (χ3n) is 4.03. The molecule has 0 N–H and O–H groups in total. The number of hydrogen-bond acceptors (Lipinski definition) is 5. The molecule has 1 aromatic heterocycles. The van der Waals surface area contributed by atoms with Gasteiger partial charge in [-0.3, -0.25) is 4.79 Å². The first-order valence-corrected chi connectivity index (χ1v) is 8.28. The Balaban J connectivity index is 1.67. The van der Waals surface area contributed by atoms with Crippen molar-refractivity contribution in [1.29, 1.82) is 0 Å². The molecule has 1 unspecified atom stereocenters. The summed E-state index contributed by atoms with van der Waals surface area (Å²) in [4.78, 5) is 18.5. The first-order valence-electron chi connectivity index (χ1n) is 6.89. The Kier molecular flexibility index (Phi) is 3.77. The minimum absolute atomic E-state index is 0.0937. The third kappa shape index (κ3) is 2.63. The Labute approximate surface area is 117 Å². The van der Waals surface area contributed by atoms with Crippen LogP contribution >= 0.6 is 11.8 Å². The Morgan fingerprint density at radius 3 is 2.95 bits per heavy atom. The van der Waals surface area contributed by atoms with E-state index in [4.69, 9.17) is 4.52 Å². The summed E-state index contributed by atoms with van der Waals surface area (Å²) in [5.74, 6) is 2.47. The van der Waals surface area contributed by atoms with Crippen molar-refractivity contribution in [3.05, 3.63) is 11.7 Å². The van der Waals surface area contributed by atoms with Gasteiger partial charge in [-0.25, -0.2) is 0 Å². The number of thioether (sulfide) groups is 1. The van der Waals surface area contributed by atoms with Crippen molar-refractivity contribution in [2.24, 2.45) is 0 Å². The van der Waals surface area contributed by atoms with Gasteiger partial charge in [0.1, 0.15) is 0 Å². The summed E-state index contributed by atoms with van der Waals surface area (Å²) < 4.78 is 5.31. The molecule has 0 aromatic carbocycles. The van der Waals surface area contributed by atoms with Crippen molar-refractivity contribution in [2.75, 3.05) is 12.8 Å². The van der Waals surface area contributed by atoms with E-state index in [9.17, 15) is 4.79 Å². The SMILES string of the molecule is CSCc1noc(C2CC(=O)N(C3CCCC3)C2)n1. The highest BCUT2D eigenvalue weighted by Crippen LogP contribution is 2.33. The molecule has 0 radical (unpaired) electrons. The minimum atomic E-state index is 0.0937. The molecule has 2 fully saturated rings. The molecule has 104 valence electrons. The number of aromatic nitrogens is 2. The van der Waals surface area contributed by atoms with Crippen LogP contribution in [-0.2, 0) is 10.5 Å². The van der Waals surface area contributed by atoms with Crippen molar-refractivity contribution in [1.82, 2.24) is 15.0 Å². The van der Waals surface area contributed by atoms with Crippen LogP contribution in [0.25, 0.3) is 0 Å². The number of carbonyl (C=O) groups excluding carboxylic acids is 1. The van der Waals surface area contributed by atoms with Gasteiger partial charge in [-0.2, -0.15) is 16.7 Å². The van der Waals surface area contributed by atoms with Gasteiger partial charge in [0.25, 0.3) is 0 Å². The standard InChI is InChI=1S/C13H19N3O2S/c1-19-8-11-14-13(18-15-11)9-6-12(17)16(7-9)10-4-2-3-5-10/h9-10H,2-8H2,1H3. The highest BCUT2D eigenvalue weighted by Gasteiger charge is 2.38. The van der Waals surface area contributed by atoms with Gasteiger partial charge < -0.3 is 9.42 Å². The van der Waals surface area contributed by atoms with Crippen LogP contribution in [0, 0.1) is 0 Å². The number of carbonyl (C=O) groups is 1. The van der Waals surface area contributed by atoms with E-state index in [-0.39, 0.29) is 11.8 Å². The average molecular weight is 281 g/mol. The lowest BCUT2D eigenvalue weighted by molar-refractivity contribution is -0.129. The van der Waals surface area contributed by atoms with Gasteiger partial charge in [0.2, 0.25) is 11.8 Å². The number of hydrogen-bond donors (Lipinski definition) is 0. The molecule has 1 aromatic rings. The van der Waals surface area contributed by atoms with Crippen LogP contribution in [0.2, 0.25) is 0 Å². The zero-order chi connectivity index (χ0) is 13.2. The topological polar surface area (TPSA) is 59.2 Å². The van der Waals surface area contributed by atoms with E-state index in [1.807, 2.05) is 11.2 Å². The second-order valence-electron chi connectivity index (χ2n) is 5.37. The lowest BCUT2D eigenvalue weighted by Gasteiger charge is -2.23. The Bertz CT molecular complexity index is 456. The van der Waals surface area contributed by atoms with Gasteiger partial charge in [0.05, 0.1) is 11.7 Å². The largest absolute Gasteiger partial charge is 0.339 e. The van der Waals surface area contributed by atoms with E-state index in [2.05, 4.69) is 10.1 Å². The Hall–Kier alpha value is -1.04. The summed E-state index contributed by atoms with van der Waals surface area (Å²) in [6, 6.07) is 0.450. The predicted octanol–water partition coefficient (Wildman–Crippen LogP) is 2.19. The fraction of sp³-hybridized carbons (Fsp3) is 0.769. The third-order valence-corrected chi connectivity index (χ3v) is 4.58. The molecule has 1 aliphatic carbocycles. The number of rotatable bonds is 4. The van der Waals surface area contributed by atoms with Gasteiger partial charge in [-0.05, 0) is 19.1 Å². The number of nitrogens with zero attached hydrogens (tertiary/aromatic N) is 3. The first-order chi connectivity index (χ1) is 9.28. The molecule has 1 saturated heterocycles. The molecule has 6 heteroatoms. The Morgan fingerprint density at radius 1 is 1.42 bits per heavy atom. The number of likely N-dealkylation sites (tertiary alicyclic amines) is 1. The lowest BCUT2D eigenvalue weighted by atomic mass is 10.1. The molecule has 5 nitrogen and oxygen atoms in total. The first kappa shape index (κ1) is 13.0. The monoisotopic (exact) mass is 281 g/mol. The van der Waals surface area contributed by atoms with Crippen LogP contribution in [-0.4, -0.2) is 39.8 Å². The molecule has 19 heavy (non-hydrogen) atoms. The van der Waals surface area contributed by atoms with Gasteiger partial charge in [-0.1, -0.05) is 18.0 Å². The molecule has 0 bridgehead atoms. The molecule has 1 atom stereocenters. The van der Waals surface area contributed by atoms with Crippen LogP contribution < -0.4 is 0 Å². The summed E-state index contributed by atoms with van der Waals surface area (Å²) in [5, 5.41) is 3.96. The molecule has 1 aliphatic heterocycles. The summed E-state index contributed by atoms with van der Waals surface area (Å²) in [6.07, 6.45) is 7.34. The quantitative estimate of drug-likeness (QED) is 0.846. The smallest absolute Gasteiger partial charge is 0.232 e. The zero-order valence-corrected chi connectivity index (χ0v) is 12.0. The number of amides is 1. The van der Waals surface area contributed by atoms with Crippen LogP contribution in [0.4, 0.5) is 0 Å². The van der Waals surface area contributed by atoms with Gasteiger partial charge in [-0.15, -0.1) is 0 Å². The van der Waals surface area contributed by atoms with E-state index >= 15 is 0 Å². The minimum Gasteiger partial charge on any atom is -0.339 e. The highest BCUT2D eigenvalue weighted by molar-refractivity contribution is 7.97. The zero-order valence-electron chi connectivity index (χ0n) is 11.2. The van der Waals surface area contributed by atoms with Crippen molar-refractivity contribution in [2.45, 2.75) is 49.8 Å². The van der Waals surface area contributed by atoms with Gasteiger partial charge >= 0.3 is 0 Å². The average Bonchev–Trinajstić information content (AvgIpc) is 3.08. The van der Waals surface area contributed by atoms with Gasteiger partial charge in [0.15, 0.2) is 5.82 Å². The molecule has 0 spiro atoms. The molecule has 2 heterocycles. The summed E-state index contributed by atoms with van der Waals surface area (Å²) >= 11 is 1.67. The second-order valence-corrected chi connectivity index (χ2v) is 6.23. The van der Waals surface area contributed by atoms with Crippen molar-refractivity contribution in [3.63, 3.8) is 0 Å². The maximum atomic E-state index is 12.1. The van der Waals surface area contributed by atoms with E-state index < -0.39 is 0 Å². The van der Waals surface area contributed by atoms with Crippen LogP contribution in [0.5, 0.6) is 0 Å². The highest BCUT2D eigenvalue weighted by atomic mass is 32.2. The predicted molar refractivity (Wildman–Crippen MR) is 72.8 cm³/mol. The molecular formula is C13H19N3O2S. The maximum absolute atomic E-state index is 12.1. The fourth-order valence-corrected chi connectivity index (χ4v) is 3.46. The fourth-order valence-electron chi connectivity index (χ4n) is 3.09. The van der Waals surface area contributed by atoms with Crippen molar-refractivity contribution >= 4 is 17.7 Å².